The van der Waals surface area contributed by atoms with Crippen molar-refractivity contribution in [3.05, 3.63) is 0 Å². The van der Waals surface area contributed by atoms with E-state index in [1.165, 1.54) is 7.11 Å². The van der Waals surface area contributed by atoms with Gasteiger partial charge < -0.3 is 10.1 Å². The van der Waals surface area contributed by atoms with Crippen molar-refractivity contribution >= 4 is 24.5 Å². The Labute approximate surface area is 64.3 Å². The van der Waals surface area contributed by atoms with Gasteiger partial charge in [0.25, 0.3) is 0 Å². The van der Waals surface area contributed by atoms with E-state index in [-0.39, 0.29) is 18.2 Å². The summed E-state index contributed by atoms with van der Waals surface area (Å²) in [7, 11) is 1.26. The van der Waals surface area contributed by atoms with Crippen molar-refractivity contribution in [3.63, 3.8) is 0 Å². The molecule has 10 heavy (non-hydrogen) atoms. The molecule has 1 amide bonds. The average Bonchev–Trinajstić information content (AvgIpc) is 1.99. The van der Waals surface area contributed by atoms with Crippen LogP contribution in [0.25, 0.3) is 0 Å². The molecule has 0 bridgehead atoms. The van der Waals surface area contributed by atoms with Gasteiger partial charge in [-0.3, -0.25) is 9.59 Å². The number of esters is 1. The van der Waals surface area contributed by atoms with Gasteiger partial charge in [-0.2, -0.15) is 12.6 Å². The van der Waals surface area contributed by atoms with Gasteiger partial charge in [-0.15, -0.1) is 0 Å². The van der Waals surface area contributed by atoms with Crippen LogP contribution in [0.15, 0.2) is 0 Å². The SMILES string of the molecule is COC(=O)CNC(=O)CS. The van der Waals surface area contributed by atoms with E-state index in [2.05, 4.69) is 22.7 Å². The Kier molecular flexibility index (Phi) is 4.74. The van der Waals surface area contributed by atoms with Crippen LogP contribution in [0.3, 0.4) is 0 Å². The van der Waals surface area contributed by atoms with E-state index in [4.69, 9.17) is 0 Å². The number of amides is 1. The summed E-state index contributed by atoms with van der Waals surface area (Å²) in [6.45, 7) is -0.0874. The first-order valence-corrected chi connectivity index (χ1v) is 3.28. The number of hydrogen-bond acceptors (Lipinski definition) is 4. The molecule has 0 saturated heterocycles. The first-order valence-electron chi connectivity index (χ1n) is 2.65. The molecule has 0 fully saturated rings. The van der Waals surface area contributed by atoms with Crippen molar-refractivity contribution < 1.29 is 14.3 Å². The number of rotatable bonds is 3. The highest BCUT2D eigenvalue weighted by atomic mass is 32.1. The molecule has 58 valence electrons. The first kappa shape index (κ1) is 9.29. The molecule has 0 heterocycles. The van der Waals surface area contributed by atoms with Gasteiger partial charge in [0.05, 0.1) is 12.9 Å². The van der Waals surface area contributed by atoms with Crippen molar-refractivity contribution in [2.45, 2.75) is 0 Å². The van der Waals surface area contributed by atoms with Crippen LogP contribution in [0.2, 0.25) is 0 Å². The van der Waals surface area contributed by atoms with E-state index in [9.17, 15) is 9.59 Å². The predicted molar refractivity (Wildman–Crippen MR) is 38.9 cm³/mol. The van der Waals surface area contributed by atoms with E-state index < -0.39 is 5.97 Å². The minimum atomic E-state index is -0.463. The van der Waals surface area contributed by atoms with Gasteiger partial charge in [0.15, 0.2) is 0 Å². The zero-order valence-corrected chi connectivity index (χ0v) is 6.48. The first-order chi connectivity index (χ1) is 4.70. The Morgan fingerprint density at radius 2 is 2.20 bits per heavy atom. The standard InChI is InChI=1S/C5H9NO3S/c1-9-5(8)2-6-4(7)3-10/h10H,2-3H2,1H3,(H,6,7). The monoisotopic (exact) mass is 163 g/mol. The molecule has 0 rings (SSSR count). The largest absolute Gasteiger partial charge is 0.468 e. The number of thiol groups is 1. The van der Waals surface area contributed by atoms with Gasteiger partial charge in [0.2, 0.25) is 5.91 Å². The molecule has 0 aliphatic rings. The zero-order chi connectivity index (χ0) is 7.98. The van der Waals surface area contributed by atoms with E-state index in [1.807, 2.05) is 0 Å². The fraction of sp³-hybridized carbons (Fsp3) is 0.600. The number of hydrogen-bond donors (Lipinski definition) is 2. The molecule has 0 aliphatic heterocycles. The van der Waals surface area contributed by atoms with Crippen LogP contribution in [0.4, 0.5) is 0 Å². The Morgan fingerprint density at radius 3 is 2.60 bits per heavy atom. The highest BCUT2D eigenvalue weighted by Crippen LogP contribution is 1.74. The minimum absolute atomic E-state index is 0.0804. The molecule has 4 nitrogen and oxygen atoms in total. The maximum absolute atomic E-state index is 10.4. The van der Waals surface area contributed by atoms with Gasteiger partial charge in [-0.25, -0.2) is 0 Å². The van der Waals surface area contributed by atoms with Gasteiger partial charge in [-0.1, -0.05) is 0 Å². The Hall–Kier alpha value is -0.710. The van der Waals surface area contributed by atoms with Gasteiger partial charge in [0, 0.05) is 0 Å². The van der Waals surface area contributed by atoms with Crippen molar-refractivity contribution in [2.24, 2.45) is 0 Å². The molecule has 0 aromatic rings. The van der Waals surface area contributed by atoms with Crippen molar-refractivity contribution in [1.82, 2.24) is 5.32 Å². The van der Waals surface area contributed by atoms with Crippen molar-refractivity contribution in [2.75, 3.05) is 19.4 Å². The molecule has 0 unspecified atom stereocenters. The molecular formula is C5H9NO3S. The topological polar surface area (TPSA) is 55.4 Å². The summed E-state index contributed by atoms with van der Waals surface area (Å²) in [5.41, 5.74) is 0. The fourth-order valence-corrected chi connectivity index (χ4v) is 0.411. The molecule has 1 N–H and O–H groups in total. The highest BCUT2D eigenvalue weighted by Gasteiger charge is 2.01. The zero-order valence-electron chi connectivity index (χ0n) is 5.59. The van der Waals surface area contributed by atoms with Crippen LogP contribution >= 0.6 is 12.6 Å². The molecule has 0 atom stereocenters. The molecule has 0 aromatic carbocycles. The molecule has 0 radical (unpaired) electrons. The number of carbonyl (C=O) groups is 2. The van der Waals surface area contributed by atoms with Gasteiger partial charge in [-0.05, 0) is 0 Å². The third kappa shape index (κ3) is 4.20. The lowest BCUT2D eigenvalue weighted by atomic mass is 10.6. The summed E-state index contributed by atoms with van der Waals surface area (Å²) < 4.78 is 4.27. The maximum atomic E-state index is 10.4. The summed E-state index contributed by atoms with van der Waals surface area (Å²) in [6, 6.07) is 0. The summed E-state index contributed by atoms with van der Waals surface area (Å²) in [5.74, 6) is -0.666. The van der Waals surface area contributed by atoms with Crippen LogP contribution in [-0.4, -0.2) is 31.3 Å². The van der Waals surface area contributed by atoms with E-state index >= 15 is 0 Å². The molecular weight excluding hydrogens is 154 g/mol. The quantitative estimate of drug-likeness (QED) is 0.423. The summed E-state index contributed by atoms with van der Waals surface area (Å²) >= 11 is 3.68. The number of methoxy groups -OCH3 is 1. The number of ether oxygens (including phenoxy) is 1. The maximum Gasteiger partial charge on any atom is 0.325 e. The van der Waals surface area contributed by atoms with Crippen LogP contribution in [0.5, 0.6) is 0 Å². The second kappa shape index (κ2) is 5.10. The molecule has 5 heteroatoms. The molecule has 0 aliphatic carbocycles. The third-order valence-electron chi connectivity index (χ3n) is 0.801. The highest BCUT2D eigenvalue weighted by molar-refractivity contribution is 7.81. The lowest BCUT2D eigenvalue weighted by Crippen LogP contribution is -2.30. The third-order valence-corrected chi connectivity index (χ3v) is 1.09. The van der Waals surface area contributed by atoms with Crippen molar-refractivity contribution in [1.29, 1.82) is 0 Å². The minimum Gasteiger partial charge on any atom is -0.468 e. The number of nitrogens with one attached hydrogen (secondary N) is 1. The second-order valence-electron chi connectivity index (χ2n) is 1.51. The van der Waals surface area contributed by atoms with E-state index in [0.717, 1.165) is 0 Å². The van der Waals surface area contributed by atoms with Crippen LogP contribution in [0, 0.1) is 0 Å². The Bertz CT molecular complexity index is 121. The van der Waals surface area contributed by atoms with Crippen LogP contribution in [-0.2, 0) is 14.3 Å². The normalized spacial score (nSPS) is 8.60. The van der Waals surface area contributed by atoms with Gasteiger partial charge in [0.1, 0.15) is 6.54 Å². The van der Waals surface area contributed by atoms with Crippen molar-refractivity contribution in [3.8, 4) is 0 Å². The second-order valence-corrected chi connectivity index (χ2v) is 1.83. The lowest BCUT2D eigenvalue weighted by Gasteiger charge is -1.99. The smallest absolute Gasteiger partial charge is 0.325 e. The lowest BCUT2D eigenvalue weighted by molar-refractivity contribution is -0.140. The number of carbonyl (C=O) groups excluding carboxylic acids is 2. The summed E-state index contributed by atoms with van der Waals surface area (Å²) in [4.78, 5) is 20.8. The Morgan fingerprint density at radius 1 is 1.60 bits per heavy atom. The molecule has 0 spiro atoms. The summed E-state index contributed by atoms with van der Waals surface area (Å²) in [5, 5.41) is 2.29. The van der Waals surface area contributed by atoms with Crippen LogP contribution < -0.4 is 5.32 Å². The predicted octanol–water partition coefficient (Wildman–Crippen LogP) is -0.795. The van der Waals surface area contributed by atoms with E-state index in [1.54, 1.807) is 0 Å². The Balaban J connectivity index is 3.35. The average molecular weight is 163 g/mol. The van der Waals surface area contributed by atoms with Gasteiger partial charge >= 0.3 is 5.97 Å². The molecule has 0 saturated carbocycles. The van der Waals surface area contributed by atoms with E-state index in [0.29, 0.717) is 0 Å². The van der Waals surface area contributed by atoms with Crippen LogP contribution in [0.1, 0.15) is 0 Å². The summed E-state index contributed by atoms with van der Waals surface area (Å²) in [6.07, 6.45) is 0. The molecule has 0 aromatic heterocycles. The fourth-order valence-electron chi connectivity index (χ4n) is 0.299.